The Morgan fingerprint density at radius 2 is 1.67 bits per heavy atom. The van der Waals surface area contributed by atoms with Crippen LogP contribution >= 0.6 is 0 Å². The fraction of sp³-hybridized carbons (Fsp3) is 0.818. The Balaban J connectivity index is 3.49. The minimum Gasteiger partial charge on any atom is -0.247 e. The zero-order chi connectivity index (χ0) is 11.7. The molecule has 0 aromatic carbocycles. The molecule has 0 saturated heterocycles. The lowest BCUT2D eigenvalue weighted by Gasteiger charge is -2.04. The van der Waals surface area contributed by atoms with E-state index >= 15 is 0 Å². The Bertz CT molecular complexity index is 199. The number of carbonyl (C=O) groups excluding carboxylic acids is 2. The van der Waals surface area contributed by atoms with Gasteiger partial charge in [-0.2, -0.15) is 0 Å². The van der Waals surface area contributed by atoms with Crippen molar-refractivity contribution >= 4 is 11.9 Å². The van der Waals surface area contributed by atoms with Gasteiger partial charge in [-0.25, -0.2) is 19.4 Å². The molecule has 0 N–H and O–H groups in total. The Morgan fingerprint density at radius 3 is 2.20 bits per heavy atom. The first kappa shape index (κ1) is 13.9. The third-order valence-electron chi connectivity index (χ3n) is 1.79. The predicted octanol–water partition coefficient (Wildman–Crippen LogP) is 2.61. The van der Waals surface area contributed by atoms with Crippen LogP contribution in [0.5, 0.6) is 0 Å². The molecule has 0 aromatic heterocycles. The molecule has 0 aliphatic carbocycles. The Kier molecular flexibility index (Phi) is 7.68. The van der Waals surface area contributed by atoms with Crippen LogP contribution in [0.2, 0.25) is 0 Å². The van der Waals surface area contributed by atoms with Crippen molar-refractivity contribution in [3.63, 3.8) is 0 Å². The average Bonchev–Trinajstić information content (AvgIpc) is 2.14. The number of carbonyl (C=O) groups is 2. The highest BCUT2D eigenvalue weighted by Crippen LogP contribution is 2.04. The van der Waals surface area contributed by atoms with E-state index < -0.39 is 11.9 Å². The van der Waals surface area contributed by atoms with Crippen molar-refractivity contribution in [1.82, 2.24) is 0 Å². The minimum atomic E-state index is -0.492. The van der Waals surface area contributed by atoms with E-state index in [0.29, 0.717) is 6.42 Å². The summed E-state index contributed by atoms with van der Waals surface area (Å²) in [5, 5.41) is 0. The van der Waals surface area contributed by atoms with Crippen molar-refractivity contribution in [2.45, 2.75) is 52.9 Å². The van der Waals surface area contributed by atoms with Gasteiger partial charge in [0.05, 0.1) is 12.8 Å². The lowest BCUT2D eigenvalue weighted by molar-refractivity contribution is -0.259. The van der Waals surface area contributed by atoms with E-state index in [4.69, 9.17) is 0 Å². The summed E-state index contributed by atoms with van der Waals surface area (Å²) in [7, 11) is 0. The summed E-state index contributed by atoms with van der Waals surface area (Å²) >= 11 is 0. The monoisotopic (exact) mass is 216 g/mol. The molecule has 0 aliphatic heterocycles. The van der Waals surface area contributed by atoms with Crippen LogP contribution in [0.25, 0.3) is 0 Å². The Labute approximate surface area is 90.9 Å². The van der Waals surface area contributed by atoms with Gasteiger partial charge >= 0.3 is 11.9 Å². The number of hydrogen-bond donors (Lipinski definition) is 0. The molecule has 4 nitrogen and oxygen atoms in total. The molecular formula is C11H20O4. The van der Waals surface area contributed by atoms with Crippen molar-refractivity contribution in [2.75, 3.05) is 0 Å². The molecule has 0 unspecified atom stereocenters. The van der Waals surface area contributed by atoms with E-state index in [1.165, 1.54) is 0 Å². The Morgan fingerprint density at radius 1 is 1.07 bits per heavy atom. The van der Waals surface area contributed by atoms with Gasteiger partial charge in [-0.15, -0.1) is 0 Å². The molecule has 0 rings (SSSR count). The highest BCUT2D eigenvalue weighted by atomic mass is 17.2. The molecular weight excluding hydrogens is 196 g/mol. The molecule has 0 saturated carbocycles. The predicted molar refractivity (Wildman–Crippen MR) is 55.8 cm³/mol. The normalized spacial score (nSPS) is 10.1. The number of rotatable bonds is 6. The second-order valence-electron chi connectivity index (χ2n) is 3.97. The van der Waals surface area contributed by atoms with Gasteiger partial charge < -0.3 is 0 Å². The molecule has 0 fully saturated rings. The third kappa shape index (κ3) is 9.25. The highest BCUT2D eigenvalue weighted by Gasteiger charge is 2.10. The molecule has 88 valence electrons. The summed E-state index contributed by atoms with van der Waals surface area (Å²) in [4.78, 5) is 30.7. The standard InChI is InChI=1S/C11H20O4/c1-4-5-6-7-10(12)14-15-11(13)8-9(2)3/h9H,4-8H2,1-3H3. The molecule has 4 heteroatoms. The molecule has 0 radical (unpaired) electrons. The minimum absolute atomic E-state index is 0.205. The summed E-state index contributed by atoms with van der Waals surface area (Å²) in [6.45, 7) is 5.84. The number of unbranched alkanes of at least 4 members (excludes halogenated alkanes) is 2. The van der Waals surface area contributed by atoms with E-state index in [2.05, 4.69) is 9.78 Å². The van der Waals surface area contributed by atoms with Crippen LogP contribution in [-0.2, 0) is 19.4 Å². The van der Waals surface area contributed by atoms with Crippen LogP contribution in [0, 0.1) is 5.92 Å². The van der Waals surface area contributed by atoms with Crippen molar-refractivity contribution in [3.05, 3.63) is 0 Å². The Hall–Kier alpha value is -1.06. The topological polar surface area (TPSA) is 52.6 Å². The van der Waals surface area contributed by atoms with Crippen LogP contribution in [-0.4, -0.2) is 11.9 Å². The highest BCUT2D eigenvalue weighted by molar-refractivity contribution is 5.72. The van der Waals surface area contributed by atoms with E-state index in [-0.39, 0.29) is 12.3 Å². The molecule has 0 aliphatic rings. The maximum absolute atomic E-state index is 11.0. The summed E-state index contributed by atoms with van der Waals surface area (Å²) < 4.78 is 0. The summed E-state index contributed by atoms with van der Waals surface area (Å²) in [6.07, 6.45) is 3.37. The van der Waals surface area contributed by atoms with Crippen LogP contribution in [0.4, 0.5) is 0 Å². The van der Waals surface area contributed by atoms with E-state index in [1.807, 2.05) is 20.8 Å². The fourth-order valence-electron chi connectivity index (χ4n) is 1.02. The van der Waals surface area contributed by atoms with E-state index in [9.17, 15) is 9.59 Å². The summed E-state index contributed by atoms with van der Waals surface area (Å²) in [6, 6.07) is 0. The van der Waals surface area contributed by atoms with E-state index in [0.717, 1.165) is 19.3 Å². The first-order valence-electron chi connectivity index (χ1n) is 5.46. The van der Waals surface area contributed by atoms with Crippen LogP contribution < -0.4 is 0 Å². The van der Waals surface area contributed by atoms with Gasteiger partial charge in [0.25, 0.3) is 0 Å². The molecule has 0 heterocycles. The van der Waals surface area contributed by atoms with Crippen LogP contribution in [0.3, 0.4) is 0 Å². The SMILES string of the molecule is CCCCCC(=O)OOC(=O)CC(C)C. The quantitative estimate of drug-likeness (QED) is 0.389. The van der Waals surface area contributed by atoms with Gasteiger partial charge in [0, 0.05) is 0 Å². The van der Waals surface area contributed by atoms with Crippen molar-refractivity contribution in [2.24, 2.45) is 5.92 Å². The lowest BCUT2D eigenvalue weighted by atomic mass is 10.1. The van der Waals surface area contributed by atoms with Crippen molar-refractivity contribution in [3.8, 4) is 0 Å². The molecule has 0 aromatic rings. The molecule has 0 bridgehead atoms. The molecule has 0 spiro atoms. The summed E-state index contributed by atoms with van der Waals surface area (Å²) in [5.41, 5.74) is 0. The van der Waals surface area contributed by atoms with Gasteiger partial charge in [0.1, 0.15) is 0 Å². The van der Waals surface area contributed by atoms with Crippen LogP contribution in [0.1, 0.15) is 52.9 Å². The first-order valence-corrected chi connectivity index (χ1v) is 5.46. The molecule has 0 amide bonds. The maximum Gasteiger partial charge on any atom is 0.355 e. The zero-order valence-electron chi connectivity index (χ0n) is 9.75. The van der Waals surface area contributed by atoms with E-state index in [1.54, 1.807) is 0 Å². The molecule has 15 heavy (non-hydrogen) atoms. The molecule has 0 atom stereocenters. The zero-order valence-corrected chi connectivity index (χ0v) is 9.75. The maximum atomic E-state index is 11.0. The largest absolute Gasteiger partial charge is 0.355 e. The van der Waals surface area contributed by atoms with Crippen molar-refractivity contribution < 1.29 is 19.4 Å². The van der Waals surface area contributed by atoms with Gasteiger partial charge in [-0.1, -0.05) is 33.6 Å². The second kappa shape index (κ2) is 8.26. The number of hydrogen-bond acceptors (Lipinski definition) is 4. The first-order chi connectivity index (χ1) is 7.06. The third-order valence-corrected chi connectivity index (χ3v) is 1.79. The smallest absolute Gasteiger partial charge is 0.247 e. The van der Waals surface area contributed by atoms with Crippen LogP contribution in [0.15, 0.2) is 0 Å². The second-order valence-corrected chi connectivity index (χ2v) is 3.97. The average molecular weight is 216 g/mol. The van der Waals surface area contributed by atoms with Crippen molar-refractivity contribution in [1.29, 1.82) is 0 Å². The van der Waals surface area contributed by atoms with Gasteiger partial charge in [-0.05, 0) is 12.3 Å². The fourth-order valence-corrected chi connectivity index (χ4v) is 1.02. The van der Waals surface area contributed by atoms with Gasteiger partial charge in [-0.3, -0.25) is 0 Å². The van der Waals surface area contributed by atoms with Gasteiger partial charge in [0.15, 0.2) is 0 Å². The summed E-state index contributed by atoms with van der Waals surface area (Å²) in [5.74, 6) is -0.759. The van der Waals surface area contributed by atoms with Gasteiger partial charge in [0.2, 0.25) is 0 Å². The lowest BCUT2D eigenvalue weighted by Crippen LogP contribution is -2.12.